The van der Waals surface area contributed by atoms with Gasteiger partial charge in [0, 0.05) is 24.6 Å². The first-order valence-corrected chi connectivity index (χ1v) is 6.66. The lowest BCUT2D eigenvalue weighted by molar-refractivity contribution is -0.147. The lowest BCUT2D eigenvalue weighted by Gasteiger charge is -2.21. The Bertz CT molecular complexity index is 555. The van der Waals surface area contributed by atoms with Crippen LogP contribution in [0.15, 0.2) is 24.3 Å². The number of hydrogen-bond donors (Lipinski definition) is 2. The van der Waals surface area contributed by atoms with Crippen LogP contribution in [0.5, 0.6) is 5.75 Å². The summed E-state index contributed by atoms with van der Waals surface area (Å²) in [4.78, 5) is 24.0. The Morgan fingerprint density at radius 3 is 3.00 bits per heavy atom. The van der Waals surface area contributed by atoms with Crippen molar-refractivity contribution in [1.82, 2.24) is 4.90 Å². The van der Waals surface area contributed by atoms with Crippen LogP contribution < -0.4 is 0 Å². The molecule has 0 aromatic heterocycles. The van der Waals surface area contributed by atoms with Crippen LogP contribution in [0, 0.1) is 0 Å². The lowest BCUT2D eigenvalue weighted by atomic mass is 10.1. The maximum absolute atomic E-state index is 12.1. The van der Waals surface area contributed by atoms with E-state index in [4.69, 9.17) is 9.84 Å². The molecule has 1 atom stereocenters. The van der Waals surface area contributed by atoms with Crippen molar-refractivity contribution in [3.05, 3.63) is 35.4 Å². The highest BCUT2D eigenvalue weighted by molar-refractivity contribution is 5.92. The number of carbonyl (C=O) groups excluding carboxylic acids is 2. The highest BCUT2D eigenvalue weighted by Crippen LogP contribution is 2.20. The first-order valence-electron chi connectivity index (χ1n) is 6.66. The van der Waals surface area contributed by atoms with Crippen molar-refractivity contribution in [2.45, 2.75) is 25.7 Å². The van der Waals surface area contributed by atoms with Crippen LogP contribution in [0.2, 0.25) is 0 Å². The molecule has 0 spiro atoms. The predicted octanol–water partition coefficient (Wildman–Crippen LogP) is 1.02. The largest absolute Gasteiger partial charge is 0.508 e. The first kappa shape index (κ1) is 15.1. The van der Waals surface area contributed by atoms with Gasteiger partial charge >= 0.3 is 0 Å². The number of aliphatic hydroxyl groups excluding tert-OH is 1. The number of likely N-dealkylation sites (tertiary alicyclic amines) is 1. The molecule has 1 amide bonds. The molecule has 6 heteroatoms. The van der Waals surface area contributed by atoms with Gasteiger partial charge in [0.2, 0.25) is 5.91 Å². The van der Waals surface area contributed by atoms with Gasteiger partial charge in [0.05, 0.1) is 6.61 Å². The zero-order chi connectivity index (χ0) is 15.2. The van der Waals surface area contributed by atoms with Gasteiger partial charge in [-0.1, -0.05) is 6.07 Å². The molecule has 112 valence electrons. The van der Waals surface area contributed by atoms with Gasteiger partial charge < -0.3 is 19.8 Å². The Morgan fingerprint density at radius 2 is 2.29 bits per heavy atom. The minimum atomic E-state index is -0.493. The summed E-state index contributed by atoms with van der Waals surface area (Å²) in [6.07, 6.45) is 3.93. The van der Waals surface area contributed by atoms with E-state index in [1.165, 1.54) is 17.0 Å². The third kappa shape index (κ3) is 3.61. The fraction of sp³-hybridized carbons (Fsp3) is 0.333. The molecule has 0 bridgehead atoms. The Hall–Kier alpha value is -2.34. The van der Waals surface area contributed by atoms with Crippen LogP contribution in [0.4, 0.5) is 0 Å². The molecule has 1 aromatic rings. The monoisotopic (exact) mass is 291 g/mol. The van der Waals surface area contributed by atoms with E-state index in [9.17, 15) is 14.7 Å². The van der Waals surface area contributed by atoms with Gasteiger partial charge in [-0.15, -0.1) is 0 Å². The van der Waals surface area contributed by atoms with Crippen LogP contribution in [0.3, 0.4) is 0 Å². The van der Waals surface area contributed by atoms with E-state index in [0.29, 0.717) is 30.6 Å². The zero-order valence-corrected chi connectivity index (χ0v) is 11.4. The summed E-state index contributed by atoms with van der Waals surface area (Å²) in [7, 11) is 0. The Kier molecular flexibility index (Phi) is 4.94. The topological polar surface area (TPSA) is 87.1 Å². The second-order valence-electron chi connectivity index (χ2n) is 4.74. The van der Waals surface area contributed by atoms with Crippen LogP contribution in [0.25, 0.3) is 6.08 Å². The van der Waals surface area contributed by atoms with E-state index in [0.717, 1.165) is 6.42 Å². The Balaban J connectivity index is 2.06. The third-order valence-electron chi connectivity index (χ3n) is 3.39. The SMILES string of the molecule is O=COC1CCCN1C(=O)/C=C/c1ccc(O)c(CO)c1. The fourth-order valence-electron chi connectivity index (χ4n) is 2.29. The molecule has 0 radical (unpaired) electrons. The molecule has 1 fully saturated rings. The van der Waals surface area contributed by atoms with Gasteiger partial charge in [0.1, 0.15) is 5.75 Å². The average molecular weight is 291 g/mol. The number of amides is 1. The number of phenols is 1. The van der Waals surface area contributed by atoms with Crippen molar-refractivity contribution < 1.29 is 24.5 Å². The molecular formula is C15H17NO5. The number of aliphatic hydroxyl groups is 1. The number of carbonyl (C=O) groups is 2. The van der Waals surface area contributed by atoms with Gasteiger partial charge in [-0.2, -0.15) is 0 Å². The second kappa shape index (κ2) is 6.90. The average Bonchev–Trinajstić information content (AvgIpc) is 2.95. The van der Waals surface area contributed by atoms with E-state index >= 15 is 0 Å². The minimum absolute atomic E-state index is 0.0139. The maximum Gasteiger partial charge on any atom is 0.295 e. The summed E-state index contributed by atoms with van der Waals surface area (Å²) in [6.45, 7) is 0.634. The molecular weight excluding hydrogens is 274 g/mol. The summed E-state index contributed by atoms with van der Waals surface area (Å²) in [5, 5.41) is 18.5. The molecule has 2 rings (SSSR count). The van der Waals surface area contributed by atoms with Crippen molar-refractivity contribution >= 4 is 18.5 Å². The maximum atomic E-state index is 12.1. The number of ether oxygens (including phenoxy) is 1. The third-order valence-corrected chi connectivity index (χ3v) is 3.39. The molecule has 1 aliphatic rings. The smallest absolute Gasteiger partial charge is 0.295 e. The van der Waals surface area contributed by atoms with Crippen LogP contribution in [-0.2, 0) is 20.9 Å². The number of aromatic hydroxyl groups is 1. The van der Waals surface area contributed by atoms with Gasteiger partial charge in [-0.05, 0) is 30.2 Å². The number of hydrogen-bond acceptors (Lipinski definition) is 5. The fourth-order valence-corrected chi connectivity index (χ4v) is 2.29. The minimum Gasteiger partial charge on any atom is -0.508 e. The summed E-state index contributed by atoms with van der Waals surface area (Å²) >= 11 is 0. The molecule has 1 aromatic carbocycles. The first-order chi connectivity index (χ1) is 10.2. The predicted molar refractivity (Wildman–Crippen MR) is 74.9 cm³/mol. The summed E-state index contributed by atoms with van der Waals surface area (Å²) in [6, 6.07) is 4.70. The summed E-state index contributed by atoms with van der Waals surface area (Å²) in [5.74, 6) is -0.224. The summed E-state index contributed by atoms with van der Waals surface area (Å²) in [5.41, 5.74) is 1.09. The summed E-state index contributed by atoms with van der Waals surface area (Å²) < 4.78 is 4.87. The van der Waals surface area contributed by atoms with Crippen LogP contribution in [-0.4, -0.2) is 40.3 Å². The van der Waals surface area contributed by atoms with Crippen molar-refractivity contribution in [2.75, 3.05) is 6.54 Å². The molecule has 1 heterocycles. The van der Waals surface area contributed by atoms with Crippen LogP contribution in [0.1, 0.15) is 24.0 Å². The number of rotatable bonds is 5. The van der Waals surface area contributed by atoms with E-state index in [-0.39, 0.29) is 18.3 Å². The van der Waals surface area contributed by atoms with Gasteiger partial charge in [0.25, 0.3) is 6.47 Å². The quantitative estimate of drug-likeness (QED) is 0.625. The normalized spacial score (nSPS) is 18.1. The molecule has 0 saturated carbocycles. The molecule has 1 aliphatic heterocycles. The van der Waals surface area contributed by atoms with Crippen molar-refractivity contribution in [2.24, 2.45) is 0 Å². The molecule has 6 nitrogen and oxygen atoms in total. The van der Waals surface area contributed by atoms with Crippen molar-refractivity contribution in [1.29, 1.82) is 0 Å². The highest BCUT2D eigenvalue weighted by atomic mass is 16.5. The van der Waals surface area contributed by atoms with Gasteiger partial charge in [0.15, 0.2) is 6.23 Å². The van der Waals surface area contributed by atoms with E-state index in [1.807, 2.05) is 0 Å². The highest BCUT2D eigenvalue weighted by Gasteiger charge is 2.28. The lowest BCUT2D eigenvalue weighted by Crippen LogP contribution is -2.35. The molecule has 2 N–H and O–H groups in total. The van der Waals surface area contributed by atoms with Crippen molar-refractivity contribution in [3.8, 4) is 5.75 Å². The van der Waals surface area contributed by atoms with E-state index < -0.39 is 6.23 Å². The molecule has 0 aliphatic carbocycles. The molecule has 1 unspecified atom stereocenters. The molecule has 21 heavy (non-hydrogen) atoms. The van der Waals surface area contributed by atoms with Crippen molar-refractivity contribution in [3.63, 3.8) is 0 Å². The second-order valence-corrected chi connectivity index (χ2v) is 4.74. The van der Waals surface area contributed by atoms with E-state index in [1.54, 1.807) is 18.2 Å². The van der Waals surface area contributed by atoms with Crippen LogP contribution >= 0.6 is 0 Å². The Labute approximate surface area is 122 Å². The number of benzene rings is 1. The molecule has 1 saturated heterocycles. The van der Waals surface area contributed by atoms with Gasteiger partial charge in [-0.25, -0.2) is 0 Å². The van der Waals surface area contributed by atoms with E-state index in [2.05, 4.69) is 0 Å². The number of nitrogens with zero attached hydrogens (tertiary/aromatic N) is 1. The Morgan fingerprint density at radius 1 is 1.48 bits per heavy atom. The van der Waals surface area contributed by atoms with Gasteiger partial charge in [-0.3, -0.25) is 9.59 Å². The standard InChI is InChI=1S/C15H17NO5/c17-9-12-8-11(3-5-13(12)19)4-6-14(20)16-7-1-2-15(16)21-10-18/h3-6,8,10,15,17,19H,1-2,7,9H2/b6-4+. The zero-order valence-electron chi connectivity index (χ0n) is 11.4.